The maximum Gasteiger partial charge on any atom is 0.389 e. The second-order valence-corrected chi connectivity index (χ2v) is 5.82. The highest BCUT2D eigenvalue weighted by molar-refractivity contribution is 5.28. The molecule has 2 nitrogen and oxygen atoms in total. The summed E-state index contributed by atoms with van der Waals surface area (Å²) in [4.78, 5) is 4.34. The third kappa shape index (κ3) is 3.72. The SMILES string of the molecule is CC(O)(CCCC(F)(F)F)C1CCCc2cccnc21. The van der Waals surface area contributed by atoms with Gasteiger partial charge in [-0.15, -0.1) is 0 Å². The molecule has 0 saturated heterocycles. The van der Waals surface area contributed by atoms with Crippen LogP contribution in [0, 0.1) is 0 Å². The van der Waals surface area contributed by atoms with Crippen molar-refractivity contribution in [3.63, 3.8) is 0 Å². The molecule has 2 rings (SSSR count). The Morgan fingerprint density at radius 3 is 2.80 bits per heavy atom. The van der Waals surface area contributed by atoms with Crippen LogP contribution in [-0.2, 0) is 6.42 Å². The van der Waals surface area contributed by atoms with Crippen molar-refractivity contribution < 1.29 is 18.3 Å². The zero-order valence-corrected chi connectivity index (χ0v) is 11.6. The number of alkyl halides is 3. The van der Waals surface area contributed by atoms with Gasteiger partial charge in [-0.05, 0) is 50.7 Å². The summed E-state index contributed by atoms with van der Waals surface area (Å²) in [6, 6.07) is 3.85. The molecule has 112 valence electrons. The average Bonchev–Trinajstić information content (AvgIpc) is 2.36. The monoisotopic (exact) mass is 287 g/mol. The Morgan fingerprint density at radius 2 is 2.10 bits per heavy atom. The Morgan fingerprint density at radius 1 is 1.35 bits per heavy atom. The van der Waals surface area contributed by atoms with Gasteiger partial charge in [-0.25, -0.2) is 0 Å². The molecule has 1 heterocycles. The van der Waals surface area contributed by atoms with E-state index in [-0.39, 0.29) is 18.8 Å². The van der Waals surface area contributed by atoms with Crippen molar-refractivity contribution in [2.75, 3.05) is 0 Å². The Bertz CT molecular complexity index is 457. The lowest BCUT2D eigenvalue weighted by Crippen LogP contribution is -2.36. The van der Waals surface area contributed by atoms with Crippen LogP contribution >= 0.6 is 0 Å². The first-order valence-corrected chi connectivity index (χ1v) is 7.02. The van der Waals surface area contributed by atoms with E-state index in [2.05, 4.69) is 4.98 Å². The molecule has 2 unspecified atom stereocenters. The van der Waals surface area contributed by atoms with Gasteiger partial charge in [-0.2, -0.15) is 13.2 Å². The number of aliphatic hydroxyl groups is 1. The lowest BCUT2D eigenvalue weighted by molar-refractivity contribution is -0.138. The fraction of sp³-hybridized carbons (Fsp3) is 0.667. The maximum absolute atomic E-state index is 12.2. The predicted molar refractivity (Wildman–Crippen MR) is 70.4 cm³/mol. The van der Waals surface area contributed by atoms with E-state index in [0.717, 1.165) is 30.5 Å². The minimum atomic E-state index is -4.15. The van der Waals surface area contributed by atoms with Crippen LogP contribution in [0.1, 0.15) is 56.2 Å². The van der Waals surface area contributed by atoms with Gasteiger partial charge in [-0.1, -0.05) is 6.07 Å². The summed E-state index contributed by atoms with van der Waals surface area (Å²) in [5.74, 6) is -0.166. The van der Waals surface area contributed by atoms with Crippen molar-refractivity contribution >= 4 is 0 Å². The normalized spacial score (nSPS) is 22.1. The summed E-state index contributed by atoms with van der Waals surface area (Å²) in [5.41, 5.74) is 0.838. The van der Waals surface area contributed by atoms with Gasteiger partial charge >= 0.3 is 6.18 Å². The van der Waals surface area contributed by atoms with Crippen LogP contribution in [0.25, 0.3) is 0 Å². The minimum absolute atomic E-state index is 0.0465. The van der Waals surface area contributed by atoms with Crippen molar-refractivity contribution in [3.8, 4) is 0 Å². The maximum atomic E-state index is 12.2. The van der Waals surface area contributed by atoms with E-state index in [4.69, 9.17) is 0 Å². The summed E-state index contributed by atoms with van der Waals surface area (Å²) in [5, 5.41) is 10.6. The molecular formula is C15H20F3NO. The van der Waals surface area contributed by atoms with Gasteiger partial charge in [0.05, 0.1) is 5.60 Å². The second-order valence-electron chi connectivity index (χ2n) is 5.82. The largest absolute Gasteiger partial charge is 0.389 e. The summed E-state index contributed by atoms with van der Waals surface area (Å²) in [6.45, 7) is 1.64. The van der Waals surface area contributed by atoms with Crippen LogP contribution in [0.15, 0.2) is 18.3 Å². The molecule has 5 heteroatoms. The fourth-order valence-electron chi connectivity index (χ4n) is 3.04. The molecule has 1 aliphatic rings. The van der Waals surface area contributed by atoms with Crippen molar-refractivity contribution in [1.29, 1.82) is 0 Å². The van der Waals surface area contributed by atoms with E-state index in [1.807, 2.05) is 12.1 Å². The molecule has 0 amide bonds. The number of fused-ring (bicyclic) bond motifs is 1. The highest BCUT2D eigenvalue weighted by Gasteiger charge is 2.37. The van der Waals surface area contributed by atoms with Crippen LogP contribution in [0.4, 0.5) is 13.2 Å². The van der Waals surface area contributed by atoms with Gasteiger partial charge in [0, 0.05) is 24.2 Å². The Kier molecular flexibility index (Phi) is 4.37. The Balaban J connectivity index is 2.06. The topological polar surface area (TPSA) is 33.1 Å². The highest BCUT2D eigenvalue weighted by Crippen LogP contribution is 2.40. The number of halogens is 3. The van der Waals surface area contributed by atoms with Crippen LogP contribution in [0.2, 0.25) is 0 Å². The Hall–Kier alpha value is -1.10. The van der Waals surface area contributed by atoms with Crippen LogP contribution in [-0.4, -0.2) is 21.9 Å². The smallest absolute Gasteiger partial charge is 0.389 e. The van der Waals surface area contributed by atoms with Crippen LogP contribution in [0.3, 0.4) is 0 Å². The summed E-state index contributed by atoms with van der Waals surface area (Å²) >= 11 is 0. The summed E-state index contributed by atoms with van der Waals surface area (Å²) in [6.07, 6.45) is -0.560. The highest BCUT2D eigenvalue weighted by atomic mass is 19.4. The van der Waals surface area contributed by atoms with E-state index in [1.54, 1.807) is 13.1 Å². The number of pyridine rings is 1. The van der Waals surface area contributed by atoms with Crippen molar-refractivity contribution in [1.82, 2.24) is 4.98 Å². The molecule has 20 heavy (non-hydrogen) atoms. The molecule has 1 aliphatic carbocycles. The van der Waals surface area contributed by atoms with Crippen molar-refractivity contribution in [2.45, 2.75) is 63.1 Å². The Labute approximate surface area is 117 Å². The predicted octanol–water partition coefficient (Wildman–Crippen LogP) is 3.99. The third-order valence-corrected chi connectivity index (χ3v) is 4.09. The molecule has 0 bridgehead atoms. The van der Waals surface area contributed by atoms with Gasteiger partial charge in [0.1, 0.15) is 0 Å². The van der Waals surface area contributed by atoms with E-state index in [1.165, 1.54) is 0 Å². The molecule has 0 radical (unpaired) electrons. The van der Waals surface area contributed by atoms with Gasteiger partial charge in [-0.3, -0.25) is 4.98 Å². The van der Waals surface area contributed by atoms with Gasteiger partial charge < -0.3 is 5.11 Å². The minimum Gasteiger partial charge on any atom is -0.389 e. The molecular weight excluding hydrogens is 267 g/mol. The number of nitrogens with zero attached hydrogens (tertiary/aromatic N) is 1. The van der Waals surface area contributed by atoms with E-state index < -0.39 is 18.2 Å². The average molecular weight is 287 g/mol. The first-order valence-electron chi connectivity index (χ1n) is 7.02. The van der Waals surface area contributed by atoms with Gasteiger partial charge in [0.15, 0.2) is 0 Å². The second kappa shape index (κ2) is 5.72. The molecule has 1 aromatic rings. The van der Waals surface area contributed by atoms with Crippen molar-refractivity contribution in [2.24, 2.45) is 0 Å². The molecule has 0 aliphatic heterocycles. The van der Waals surface area contributed by atoms with Gasteiger partial charge in [0.25, 0.3) is 0 Å². The van der Waals surface area contributed by atoms with Gasteiger partial charge in [0.2, 0.25) is 0 Å². The lowest BCUT2D eigenvalue weighted by atomic mass is 9.74. The zero-order valence-electron chi connectivity index (χ0n) is 11.6. The number of rotatable bonds is 4. The van der Waals surface area contributed by atoms with Crippen molar-refractivity contribution in [3.05, 3.63) is 29.6 Å². The zero-order chi connectivity index (χ0) is 14.8. The summed E-state index contributed by atoms with van der Waals surface area (Å²) in [7, 11) is 0. The molecule has 1 N–H and O–H groups in total. The van der Waals surface area contributed by atoms with E-state index >= 15 is 0 Å². The standard InChI is InChI=1S/C15H20F3NO/c1-14(20,8-4-9-15(16,17)18)12-7-2-5-11-6-3-10-19-13(11)12/h3,6,10,12,20H,2,4-5,7-9H2,1H3. The molecule has 0 spiro atoms. The molecule has 1 aromatic heterocycles. The lowest BCUT2D eigenvalue weighted by Gasteiger charge is -2.36. The first-order chi connectivity index (χ1) is 9.30. The van der Waals surface area contributed by atoms with Crippen LogP contribution in [0.5, 0.6) is 0 Å². The van der Waals surface area contributed by atoms with E-state index in [0.29, 0.717) is 0 Å². The number of aromatic nitrogens is 1. The number of aryl methyl sites for hydroxylation is 1. The van der Waals surface area contributed by atoms with Crippen LogP contribution < -0.4 is 0 Å². The molecule has 0 fully saturated rings. The first kappa shape index (κ1) is 15.3. The number of hydrogen-bond donors (Lipinski definition) is 1. The fourth-order valence-corrected chi connectivity index (χ4v) is 3.04. The molecule has 2 atom stereocenters. The number of hydrogen-bond acceptors (Lipinski definition) is 2. The summed E-state index contributed by atoms with van der Waals surface area (Å²) < 4.78 is 36.7. The quantitative estimate of drug-likeness (QED) is 0.908. The third-order valence-electron chi connectivity index (χ3n) is 4.09. The van der Waals surface area contributed by atoms with E-state index in [9.17, 15) is 18.3 Å². The molecule has 0 aromatic carbocycles. The molecule has 0 saturated carbocycles.